The molecular formula is C10H18N2O2. The van der Waals surface area contributed by atoms with Crippen molar-refractivity contribution in [2.45, 2.75) is 32.9 Å². The maximum atomic E-state index is 5.45. The Morgan fingerprint density at radius 1 is 1.64 bits per heavy atom. The minimum Gasteiger partial charge on any atom is -0.444 e. The van der Waals surface area contributed by atoms with Crippen LogP contribution < -0.4 is 5.32 Å². The van der Waals surface area contributed by atoms with Crippen molar-refractivity contribution < 1.29 is 9.15 Å². The Bertz CT molecular complexity index is 260. The predicted octanol–water partition coefficient (Wildman–Crippen LogP) is 1.36. The molecule has 1 rings (SSSR count). The normalized spacial score (nSPS) is 13.1. The third-order valence-corrected chi connectivity index (χ3v) is 1.97. The minimum absolute atomic E-state index is 0.317. The lowest BCUT2D eigenvalue weighted by Gasteiger charge is -2.10. The fourth-order valence-corrected chi connectivity index (χ4v) is 1.16. The van der Waals surface area contributed by atoms with Crippen molar-refractivity contribution in [1.29, 1.82) is 0 Å². The van der Waals surface area contributed by atoms with Gasteiger partial charge in [-0.05, 0) is 6.92 Å². The van der Waals surface area contributed by atoms with Gasteiger partial charge in [-0.1, -0.05) is 6.92 Å². The van der Waals surface area contributed by atoms with E-state index in [0.29, 0.717) is 19.2 Å². The van der Waals surface area contributed by atoms with E-state index < -0.39 is 0 Å². The average molecular weight is 198 g/mol. The van der Waals surface area contributed by atoms with Crippen LogP contribution in [-0.2, 0) is 17.7 Å². The molecule has 0 aliphatic carbocycles. The fourth-order valence-electron chi connectivity index (χ4n) is 1.16. The van der Waals surface area contributed by atoms with Crippen LogP contribution in [0.5, 0.6) is 0 Å². The molecule has 1 unspecified atom stereocenters. The summed E-state index contributed by atoms with van der Waals surface area (Å²) in [6.07, 6.45) is 2.67. The zero-order valence-corrected chi connectivity index (χ0v) is 9.04. The molecule has 0 amide bonds. The van der Waals surface area contributed by atoms with Crippen molar-refractivity contribution in [2.75, 3.05) is 13.7 Å². The number of aryl methyl sites for hydroxylation is 1. The highest BCUT2D eigenvalue weighted by Gasteiger charge is 2.04. The van der Waals surface area contributed by atoms with E-state index in [4.69, 9.17) is 9.15 Å². The zero-order valence-electron chi connectivity index (χ0n) is 9.04. The summed E-state index contributed by atoms with van der Waals surface area (Å²) < 4.78 is 10.5. The first kappa shape index (κ1) is 11.2. The predicted molar refractivity (Wildman–Crippen MR) is 54.1 cm³/mol. The monoisotopic (exact) mass is 198 g/mol. The van der Waals surface area contributed by atoms with E-state index in [0.717, 1.165) is 18.1 Å². The quantitative estimate of drug-likeness (QED) is 0.749. The van der Waals surface area contributed by atoms with Gasteiger partial charge in [-0.25, -0.2) is 4.98 Å². The summed E-state index contributed by atoms with van der Waals surface area (Å²) in [5.74, 6) is 1.67. The molecule has 0 aromatic carbocycles. The van der Waals surface area contributed by atoms with Gasteiger partial charge in [-0.15, -0.1) is 0 Å². The molecule has 4 heteroatoms. The van der Waals surface area contributed by atoms with Crippen LogP contribution in [-0.4, -0.2) is 24.7 Å². The molecule has 1 aromatic rings. The average Bonchev–Trinajstić information content (AvgIpc) is 2.63. The number of methoxy groups -OCH3 is 1. The Kier molecular flexibility index (Phi) is 4.62. The second-order valence-corrected chi connectivity index (χ2v) is 3.31. The van der Waals surface area contributed by atoms with Crippen molar-refractivity contribution in [2.24, 2.45) is 0 Å². The van der Waals surface area contributed by atoms with Crippen molar-refractivity contribution in [3.05, 3.63) is 17.8 Å². The number of hydrogen-bond acceptors (Lipinski definition) is 4. The summed E-state index contributed by atoms with van der Waals surface area (Å²) in [6, 6.07) is 0.317. The number of nitrogens with zero attached hydrogens (tertiary/aromatic N) is 1. The smallest absolute Gasteiger partial charge is 0.208 e. The van der Waals surface area contributed by atoms with Crippen molar-refractivity contribution in [3.63, 3.8) is 0 Å². The first-order valence-corrected chi connectivity index (χ1v) is 4.92. The van der Waals surface area contributed by atoms with Gasteiger partial charge in [0, 0.05) is 19.6 Å². The molecular weight excluding hydrogens is 180 g/mol. The summed E-state index contributed by atoms with van der Waals surface area (Å²) in [5.41, 5.74) is 0. The standard InChI is InChI=1S/C10H18N2O2/c1-4-9-5-12-10(14-9)6-11-8(2)7-13-3/h5,8,11H,4,6-7H2,1-3H3. The number of ether oxygens (including phenoxy) is 1. The molecule has 0 aliphatic rings. The molecule has 4 nitrogen and oxygen atoms in total. The lowest BCUT2D eigenvalue weighted by Crippen LogP contribution is -2.29. The molecule has 0 saturated heterocycles. The molecule has 80 valence electrons. The van der Waals surface area contributed by atoms with Crippen LogP contribution in [0.3, 0.4) is 0 Å². The van der Waals surface area contributed by atoms with Crippen LogP contribution in [0.15, 0.2) is 10.6 Å². The first-order chi connectivity index (χ1) is 6.76. The van der Waals surface area contributed by atoms with Crippen LogP contribution in [0.25, 0.3) is 0 Å². The van der Waals surface area contributed by atoms with Gasteiger partial charge < -0.3 is 14.5 Å². The highest BCUT2D eigenvalue weighted by Crippen LogP contribution is 2.03. The molecule has 0 fully saturated rings. The maximum absolute atomic E-state index is 5.45. The van der Waals surface area contributed by atoms with Gasteiger partial charge in [0.05, 0.1) is 19.3 Å². The van der Waals surface area contributed by atoms with Gasteiger partial charge in [0.1, 0.15) is 5.76 Å². The Labute approximate surface area is 84.7 Å². The molecule has 1 aromatic heterocycles. The molecule has 0 bridgehead atoms. The lowest BCUT2D eigenvalue weighted by molar-refractivity contribution is 0.170. The van der Waals surface area contributed by atoms with E-state index in [1.807, 2.05) is 6.92 Å². The van der Waals surface area contributed by atoms with Crippen molar-refractivity contribution in [3.8, 4) is 0 Å². The van der Waals surface area contributed by atoms with Crippen LogP contribution in [0.4, 0.5) is 0 Å². The van der Waals surface area contributed by atoms with E-state index >= 15 is 0 Å². The largest absolute Gasteiger partial charge is 0.444 e. The van der Waals surface area contributed by atoms with E-state index in [1.165, 1.54) is 0 Å². The Balaban J connectivity index is 2.30. The second kappa shape index (κ2) is 5.78. The number of nitrogens with one attached hydrogen (secondary N) is 1. The van der Waals surface area contributed by atoms with Crippen LogP contribution in [0.2, 0.25) is 0 Å². The molecule has 1 N–H and O–H groups in total. The summed E-state index contributed by atoms with van der Waals surface area (Å²) in [6.45, 7) is 5.46. The third kappa shape index (κ3) is 3.47. The number of rotatable bonds is 6. The SMILES string of the molecule is CCc1cnc(CNC(C)COC)o1. The third-order valence-electron chi connectivity index (χ3n) is 1.97. The Morgan fingerprint density at radius 2 is 2.43 bits per heavy atom. The Hall–Kier alpha value is -0.870. The fraction of sp³-hybridized carbons (Fsp3) is 0.700. The van der Waals surface area contributed by atoms with Crippen LogP contribution >= 0.6 is 0 Å². The minimum atomic E-state index is 0.317. The van der Waals surface area contributed by atoms with Crippen LogP contribution in [0.1, 0.15) is 25.5 Å². The molecule has 1 atom stereocenters. The highest BCUT2D eigenvalue weighted by atomic mass is 16.5. The zero-order chi connectivity index (χ0) is 10.4. The van der Waals surface area contributed by atoms with Gasteiger partial charge >= 0.3 is 0 Å². The van der Waals surface area contributed by atoms with E-state index in [-0.39, 0.29) is 0 Å². The molecule has 0 radical (unpaired) electrons. The molecule has 0 aliphatic heterocycles. The topological polar surface area (TPSA) is 47.3 Å². The molecule has 1 heterocycles. The number of hydrogen-bond donors (Lipinski definition) is 1. The van der Waals surface area contributed by atoms with Crippen LogP contribution in [0, 0.1) is 0 Å². The van der Waals surface area contributed by atoms with Gasteiger partial charge in [-0.3, -0.25) is 0 Å². The molecule has 14 heavy (non-hydrogen) atoms. The highest BCUT2D eigenvalue weighted by molar-refractivity contribution is 4.93. The number of oxazole rings is 1. The summed E-state index contributed by atoms with van der Waals surface area (Å²) in [4.78, 5) is 4.15. The molecule has 0 saturated carbocycles. The van der Waals surface area contributed by atoms with E-state index in [2.05, 4.69) is 17.2 Å². The summed E-state index contributed by atoms with van der Waals surface area (Å²) in [5, 5.41) is 3.26. The van der Waals surface area contributed by atoms with Crippen molar-refractivity contribution >= 4 is 0 Å². The second-order valence-electron chi connectivity index (χ2n) is 3.31. The van der Waals surface area contributed by atoms with Gasteiger partial charge in [0.25, 0.3) is 0 Å². The van der Waals surface area contributed by atoms with E-state index in [1.54, 1.807) is 13.3 Å². The van der Waals surface area contributed by atoms with E-state index in [9.17, 15) is 0 Å². The summed E-state index contributed by atoms with van der Waals surface area (Å²) in [7, 11) is 1.69. The van der Waals surface area contributed by atoms with Gasteiger partial charge in [0.15, 0.2) is 0 Å². The Morgan fingerprint density at radius 3 is 3.00 bits per heavy atom. The van der Waals surface area contributed by atoms with Gasteiger partial charge in [0.2, 0.25) is 5.89 Å². The molecule has 0 spiro atoms. The summed E-state index contributed by atoms with van der Waals surface area (Å²) >= 11 is 0. The lowest BCUT2D eigenvalue weighted by atomic mass is 10.3. The first-order valence-electron chi connectivity index (χ1n) is 4.92. The van der Waals surface area contributed by atoms with Crippen molar-refractivity contribution in [1.82, 2.24) is 10.3 Å². The maximum Gasteiger partial charge on any atom is 0.208 e. The number of aromatic nitrogens is 1. The van der Waals surface area contributed by atoms with Gasteiger partial charge in [-0.2, -0.15) is 0 Å².